The van der Waals surface area contributed by atoms with Gasteiger partial charge in [0.1, 0.15) is 6.04 Å². The molecule has 0 radical (unpaired) electrons. The highest BCUT2D eigenvalue weighted by Crippen LogP contribution is 2.35. The summed E-state index contributed by atoms with van der Waals surface area (Å²) in [4.78, 5) is 12.7. The Bertz CT molecular complexity index is 392. The van der Waals surface area contributed by atoms with Crippen LogP contribution in [-0.4, -0.2) is 24.2 Å². The van der Waals surface area contributed by atoms with E-state index >= 15 is 0 Å². The number of likely N-dealkylation sites (N-methyl/N-ethyl adjacent to an activating group) is 1. The van der Waals surface area contributed by atoms with Crippen molar-refractivity contribution in [2.75, 3.05) is 11.9 Å². The zero-order valence-corrected chi connectivity index (χ0v) is 8.45. The van der Waals surface area contributed by atoms with Gasteiger partial charge in [-0.1, -0.05) is 17.7 Å². The molecule has 1 heterocycles. The summed E-state index contributed by atoms with van der Waals surface area (Å²) in [5.41, 5.74) is 1.86. The molecule has 74 valence electrons. The van der Waals surface area contributed by atoms with Gasteiger partial charge in [-0.15, -0.1) is 0 Å². The third-order valence-electron chi connectivity index (χ3n) is 2.62. The van der Waals surface area contributed by atoms with Crippen molar-refractivity contribution in [2.24, 2.45) is 0 Å². The number of rotatable bonds is 1. The fraction of sp³-hybridized carbons (Fsp3) is 0.300. The summed E-state index contributed by atoms with van der Waals surface area (Å²) in [5.74, 6) is -0.806. The average molecular weight is 212 g/mol. The van der Waals surface area contributed by atoms with E-state index < -0.39 is 12.0 Å². The normalized spacial score (nSPS) is 19.6. The SMILES string of the molecule is CN1c2cccc(Cl)c2CC1C(=O)O. The van der Waals surface area contributed by atoms with Crippen molar-refractivity contribution in [3.05, 3.63) is 28.8 Å². The molecular weight excluding hydrogens is 202 g/mol. The summed E-state index contributed by atoms with van der Waals surface area (Å²) in [6.07, 6.45) is 0.487. The molecule has 1 aliphatic heterocycles. The minimum absolute atomic E-state index is 0.482. The van der Waals surface area contributed by atoms with Crippen LogP contribution in [0.1, 0.15) is 5.56 Å². The summed E-state index contributed by atoms with van der Waals surface area (Å²) in [6, 6.07) is 5.04. The molecule has 1 atom stereocenters. The first-order valence-corrected chi connectivity index (χ1v) is 4.72. The summed E-state index contributed by atoms with van der Waals surface area (Å²) in [7, 11) is 1.78. The van der Waals surface area contributed by atoms with Gasteiger partial charge in [-0.05, 0) is 17.7 Å². The van der Waals surface area contributed by atoms with E-state index in [0.29, 0.717) is 11.4 Å². The molecular formula is C10H10ClNO2. The molecule has 0 saturated heterocycles. The van der Waals surface area contributed by atoms with E-state index in [1.165, 1.54) is 0 Å². The number of nitrogens with zero attached hydrogens (tertiary/aromatic N) is 1. The molecule has 0 aromatic heterocycles. The molecule has 3 nitrogen and oxygen atoms in total. The number of hydrogen-bond acceptors (Lipinski definition) is 2. The summed E-state index contributed by atoms with van der Waals surface area (Å²) in [6.45, 7) is 0. The predicted molar refractivity (Wildman–Crippen MR) is 55.0 cm³/mol. The van der Waals surface area contributed by atoms with Crippen LogP contribution < -0.4 is 4.90 Å². The van der Waals surface area contributed by atoms with Crippen molar-refractivity contribution in [3.63, 3.8) is 0 Å². The lowest BCUT2D eigenvalue weighted by atomic mass is 10.1. The van der Waals surface area contributed by atoms with Gasteiger partial charge in [0.25, 0.3) is 0 Å². The molecule has 1 aliphatic rings. The molecule has 2 rings (SSSR count). The number of carbonyl (C=O) groups is 1. The van der Waals surface area contributed by atoms with Crippen LogP contribution in [0.3, 0.4) is 0 Å². The topological polar surface area (TPSA) is 40.5 Å². The number of carboxylic acid groups (broad SMARTS) is 1. The molecule has 1 N–H and O–H groups in total. The lowest BCUT2D eigenvalue weighted by Gasteiger charge is -2.18. The third kappa shape index (κ3) is 1.24. The van der Waals surface area contributed by atoms with E-state index in [1.54, 1.807) is 18.0 Å². The van der Waals surface area contributed by atoms with Gasteiger partial charge in [0.15, 0.2) is 0 Å². The van der Waals surface area contributed by atoms with Crippen LogP contribution in [0.2, 0.25) is 5.02 Å². The first kappa shape index (κ1) is 9.34. The van der Waals surface area contributed by atoms with Crippen LogP contribution in [-0.2, 0) is 11.2 Å². The van der Waals surface area contributed by atoms with E-state index in [-0.39, 0.29) is 0 Å². The van der Waals surface area contributed by atoms with Crippen molar-refractivity contribution in [2.45, 2.75) is 12.5 Å². The maximum absolute atomic E-state index is 10.9. The standard InChI is InChI=1S/C10H10ClNO2/c1-12-8-4-2-3-7(11)6(8)5-9(12)10(13)14/h2-4,9H,5H2,1H3,(H,13,14). The Kier molecular flexibility index (Phi) is 2.11. The smallest absolute Gasteiger partial charge is 0.326 e. The van der Waals surface area contributed by atoms with Crippen LogP contribution in [0.5, 0.6) is 0 Å². The number of fused-ring (bicyclic) bond motifs is 1. The molecule has 0 spiro atoms. The van der Waals surface area contributed by atoms with E-state index in [9.17, 15) is 4.79 Å². The molecule has 1 aromatic rings. The molecule has 14 heavy (non-hydrogen) atoms. The minimum atomic E-state index is -0.806. The number of benzene rings is 1. The average Bonchev–Trinajstić information content (AvgIpc) is 2.46. The predicted octanol–water partition coefficient (Wildman–Crippen LogP) is 1.79. The van der Waals surface area contributed by atoms with E-state index in [4.69, 9.17) is 16.7 Å². The maximum Gasteiger partial charge on any atom is 0.326 e. The van der Waals surface area contributed by atoms with E-state index in [2.05, 4.69) is 0 Å². The molecule has 4 heteroatoms. The van der Waals surface area contributed by atoms with Crippen molar-refractivity contribution >= 4 is 23.3 Å². The Morgan fingerprint density at radius 2 is 2.36 bits per heavy atom. The van der Waals surface area contributed by atoms with Crippen molar-refractivity contribution in [1.82, 2.24) is 0 Å². The molecule has 1 unspecified atom stereocenters. The molecule has 0 amide bonds. The summed E-state index contributed by atoms with van der Waals surface area (Å²) < 4.78 is 0. The zero-order chi connectivity index (χ0) is 10.3. The van der Waals surface area contributed by atoms with Crippen LogP contribution in [0, 0.1) is 0 Å². The van der Waals surface area contributed by atoms with Gasteiger partial charge in [-0.25, -0.2) is 4.79 Å². The molecule has 0 aliphatic carbocycles. The quantitative estimate of drug-likeness (QED) is 0.770. The molecule has 0 saturated carbocycles. The second-order valence-corrected chi connectivity index (χ2v) is 3.81. The lowest BCUT2D eigenvalue weighted by Crippen LogP contribution is -2.35. The van der Waals surface area contributed by atoms with Crippen LogP contribution in [0.4, 0.5) is 5.69 Å². The summed E-state index contributed by atoms with van der Waals surface area (Å²) in [5, 5.41) is 9.61. The largest absolute Gasteiger partial charge is 0.480 e. The Hall–Kier alpha value is -1.22. The van der Waals surface area contributed by atoms with Gasteiger partial charge in [0.05, 0.1) is 0 Å². The second-order valence-electron chi connectivity index (χ2n) is 3.41. The fourth-order valence-corrected chi connectivity index (χ4v) is 2.08. The second kappa shape index (κ2) is 3.17. The Morgan fingerprint density at radius 3 is 2.93 bits per heavy atom. The highest BCUT2D eigenvalue weighted by atomic mass is 35.5. The first-order valence-electron chi connectivity index (χ1n) is 4.34. The van der Waals surface area contributed by atoms with Gasteiger partial charge in [-0.2, -0.15) is 0 Å². The van der Waals surface area contributed by atoms with Gasteiger partial charge in [0.2, 0.25) is 0 Å². The number of anilines is 1. The van der Waals surface area contributed by atoms with Crippen LogP contribution in [0.25, 0.3) is 0 Å². The fourth-order valence-electron chi connectivity index (χ4n) is 1.83. The molecule has 0 bridgehead atoms. The Labute approximate surface area is 86.9 Å². The lowest BCUT2D eigenvalue weighted by molar-refractivity contribution is -0.138. The highest BCUT2D eigenvalue weighted by molar-refractivity contribution is 6.32. The van der Waals surface area contributed by atoms with Gasteiger partial charge in [0, 0.05) is 24.2 Å². The third-order valence-corrected chi connectivity index (χ3v) is 2.98. The Balaban J connectivity index is 2.45. The number of hydrogen-bond donors (Lipinski definition) is 1. The van der Waals surface area contributed by atoms with Gasteiger partial charge >= 0.3 is 5.97 Å². The van der Waals surface area contributed by atoms with Gasteiger partial charge < -0.3 is 10.0 Å². The Morgan fingerprint density at radius 1 is 1.64 bits per heavy atom. The van der Waals surface area contributed by atoms with Gasteiger partial charge in [-0.3, -0.25) is 0 Å². The number of halogens is 1. The summed E-state index contributed by atoms with van der Waals surface area (Å²) >= 11 is 5.99. The number of aliphatic carboxylic acids is 1. The first-order chi connectivity index (χ1) is 6.61. The molecule has 1 aromatic carbocycles. The molecule has 0 fully saturated rings. The number of carboxylic acids is 1. The van der Waals surface area contributed by atoms with Crippen LogP contribution >= 0.6 is 11.6 Å². The van der Waals surface area contributed by atoms with E-state index in [1.807, 2.05) is 12.1 Å². The maximum atomic E-state index is 10.9. The monoisotopic (exact) mass is 211 g/mol. The van der Waals surface area contributed by atoms with E-state index in [0.717, 1.165) is 11.3 Å². The van der Waals surface area contributed by atoms with Crippen molar-refractivity contribution < 1.29 is 9.90 Å². The minimum Gasteiger partial charge on any atom is -0.480 e. The van der Waals surface area contributed by atoms with Crippen molar-refractivity contribution in [1.29, 1.82) is 0 Å². The zero-order valence-electron chi connectivity index (χ0n) is 7.70. The highest BCUT2D eigenvalue weighted by Gasteiger charge is 2.32. The van der Waals surface area contributed by atoms with Crippen molar-refractivity contribution in [3.8, 4) is 0 Å². The van der Waals surface area contributed by atoms with Crippen LogP contribution in [0.15, 0.2) is 18.2 Å².